The molecule has 0 saturated carbocycles. The molecule has 1 saturated heterocycles. The molecule has 0 aromatic carbocycles. The number of hydrogen-bond acceptors (Lipinski definition) is 8. The largest absolute Gasteiger partial charge is 0.394 e. The summed E-state index contributed by atoms with van der Waals surface area (Å²) in [7, 11) is 0. The molecule has 1 aliphatic heterocycles. The van der Waals surface area contributed by atoms with Crippen molar-refractivity contribution in [2.45, 2.75) is 211 Å². The summed E-state index contributed by atoms with van der Waals surface area (Å²) in [4.78, 5) is 12.8. The first-order valence-corrected chi connectivity index (χ1v) is 18.7. The number of hydrogen-bond donors (Lipinski definition) is 6. The SMILES string of the molecule is CCCCCCCCCCCCCCCC[C@@H](O)[C@H](CO[C@@H]1O[C@H](CO)[C@@H](O)C(O)C1O)NC(=O)CCCCCCCCCC. The molecular weight excluding hydrogens is 574 g/mol. The molecule has 1 heterocycles. The molecule has 1 amide bonds. The van der Waals surface area contributed by atoms with Crippen molar-refractivity contribution < 1.29 is 39.8 Å². The Kier molecular flexibility index (Phi) is 26.5. The lowest BCUT2D eigenvalue weighted by Crippen LogP contribution is -2.60. The molecule has 0 aliphatic carbocycles. The summed E-state index contributed by atoms with van der Waals surface area (Å²) < 4.78 is 11.2. The normalized spacial score (nSPS) is 23.2. The zero-order valence-corrected chi connectivity index (χ0v) is 28.9. The Morgan fingerprint density at radius 3 is 1.58 bits per heavy atom. The van der Waals surface area contributed by atoms with E-state index in [4.69, 9.17) is 9.47 Å². The molecule has 6 N–H and O–H groups in total. The van der Waals surface area contributed by atoms with Gasteiger partial charge < -0.3 is 40.3 Å². The van der Waals surface area contributed by atoms with Gasteiger partial charge in [0, 0.05) is 6.42 Å². The smallest absolute Gasteiger partial charge is 0.220 e. The average molecular weight is 646 g/mol. The van der Waals surface area contributed by atoms with Crippen LogP contribution in [0.15, 0.2) is 0 Å². The highest BCUT2D eigenvalue weighted by atomic mass is 16.7. The van der Waals surface area contributed by atoms with E-state index < -0.39 is 49.5 Å². The summed E-state index contributed by atoms with van der Waals surface area (Å²) in [5.41, 5.74) is 0. The Morgan fingerprint density at radius 2 is 1.11 bits per heavy atom. The van der Waals surface area contributed by atoms with Gasteiger partial charge in [-0.2, -0.15) is 0 Å². The van der Waals surface area contributed by atoms with E-state index in [2.05, 4.69) is 19.2 Å². The maximum atomic E-state index is 12.8. The Bertz CT molecular complexity index is 681. The topological polar surface area (TPSA) is 149 Å². The standard InChI is InChI=1S/C36H71NO8/c1-3-5-7-9-11-13-14-15-16-17-18-19-21-23-25-30(39)29(37-32(40)26-24-22-20-12-10-8-6-4-2)28-44-36-35(43)34(42)33(41)31(27-38)45-36/h29-31,33-36,38-39,41-43H,3-28H2,1-2H3,(H,37,40)/t29-,30+,31+,33+,34?,35?,36+/m0/s1. The first kappa shape index (κ1) is 42.2. The van der Waals surface area contributed by atoms with Crippen molar-refractivity contribution in [2.24, 2.45) is 0 Å². The molecule has 0 radical (unpaired) electrons. The number of aliphatic hydroxyl groups excluding tert-OH is 5. The van der Waals surface area contributed by atoms with Gasteiger partial charge in [0.1, 0.15) is 24.4 Å². The highest BCUT2D eigenvalue weighted by Gasteiger charge is 2.44. The molecule has 45 heavy (non-hydrogen) atoms. The number of unbranched alkanes of at least 4 members (excludes halogenated alkanes) is 20. The van der Waals surface area contributed by atoms with Crippen LogP contribution in [0.5, 0.6) is 0 Å². The van der Waals surface area contributed by atoms with Gasteiger partial charge in [-0.15, -0.1) is 0 Å². The van der Waals surface area contributed by atoms with Gasteiger partial charge in [0.2, 0.25) is 5.91 Å². The molecule has 9 nitrogen and oxygen atoms in total. The second-order valence-corrected chi connectivity index (χ2v) is 13.4. The van der Waals surface area contributed by atoms with Crippen molar-refractivity contribution in [2.75, 3.05) is 13.2 Å². The van der Waals surface area contributed by atoms with Crippen molar-refractivity contribution in [1.82, 2.24) is 5.32 Å². The predicted molar refractivity (Wildman–Crippen MR) is 180 cm³/mol. The summed E-state index contributed by atoms with van der Waals surface area (Å²) in [5.74, 6) is -0.150. The molecule has 0 aromatic heterocycles. The van der Waals surface area contributed by atoms with Gasteiger partial charge in [-0.25, -0.2) is 0 Å². The van der Waals surface area contributed by atoms with Gasteiger partial charge in [0.15, 0.2) is 6.29 Å². The fourth-order valence-corrected chi connectivity index (χ4v) is 6.10. The number of aliphatic hydroxyl groups is 5. The molecule has 2 unspecified atom stereocenters. The third-order valence-corrected chi connectivity index (χ3v) is 9.21. The zero-order valence-electron chi connectivity index (χ0n) is 28.9. The Hall–Kier alpha value is -0.810. The Balaban J connectivity index is 2.41. The lowest BCUT2D eigenvalue weighted by Gasteiger charge is -2.40. The van der Waals surface area contributed by atoms with Crippen molar-refractivity contribution in [3.8, 4) is 0 Å². The van der Waals surface area contributed by atoms with Gasteiger partial charge in [0.25, 0.3) is 0 Å². The van der Waals surface area contributed by atoms with Gasteiger partial charge in [-0.05, 0) is 12.8 Å². The van der Waals surface area contributed by atoms with Crippen molar-refractivity contribution in [3.05, 3.63) is 0 Å². The van der Waals surface area contributed by atoms with Crippen LogP contribution in [-0.2, 0) is 14.3 Å². The first-order chi connectivity index (χ1) is 21.8. The van der Waals surface area contributed by atoms with Gasteiger partial charge in [-0.1, -0.05) is 149 Å². The highest BCUT2D eigenvalue weighted by molar-refractivity contribution is 5.76. The minimum atomic E-state index is -1.55. The van der Waals surface area contributed by atoms with Gasteiger partial charge in [-0.3, -0.25) is 4.79 Å². The van der Waals surface area contributed by atoms with Crippen LogP contribution in [-0.4, -0.2) is 87.5 Å². The Morgan fingerprint density at radius 1 is 0.667 bits per heavy atom. The van der Waals surface area contributed by atoms with E-state index in [9.17, 15) is 30.3 Å². The van der Waals surface area contributed by atoms with Crippen LogP contribution >= 0.6 is 0 Å². The number of ether oxygens (including phenoxy) is 2. The maximum absolute atomic E-state index is 12.8. The third-order valence-electron chi connectivity index (χ3n) is 9.21. The summed E-state index contributed by atoms with van der Waals surface area (Å²) in [6.45, 7) is 3.78. The third kappa shape index (κ3) is 20.2. The molecule has 0 bridgehead atoms. The lowest BCUT2D eigenvalue weighted by atomic mass is 9.99. The molecule has 1 rings (SSSR count). The van der Waals surface area contributed by atoms with Crippen molar-refractivity contribution in [3.63, 3.8) is 0 Å². The molecule has 0 aromatic rings. The van der Waals surface area contributed by atoms with Crippen molar-refractivity contribution >= 4 is 5.91 Å². The molecule has 1 fully saturated rings. The number of nitrogens with one attached hydrogen (secondary N) is 1. The van der Waals surface area contributed by atoms with Crippen LogP contribution in [0.1, 0.15) is 168 Å². The molecule has 1 aliphatic rings. The maximum Gasteiger partial charge on any atom is 0.220 e. The van der Waals surface area contributed by atoms with Crippen LogP contribution in [0.4, 0.5) is 0 Å². The molecule has 7 atom stereocenters. The van der Waals surface area contributed by atoms with E-state index in [0.717, 1.165) is 38.5 Å². The van der Waals surface area contributed by atoms with E-state index in [1.807, 2.05) is 0 Å². The molecule has 9 heteroatoms. The fourth-order valence-electron chi connectivity index (χ4n) is 6.10. The van der Waals surface area contributed by atoms with Crippen LogP contribution in [0.2, 0.25) is 0 Å². The van der Waals surface area contributed by atoms with E-state index in [1.165, 1.54) is 103 Å². The second kappa shape index (κ2) is 28.2. The van der Waals surface area contributed by atoms with Gasteiger partial charge in [0.05, 0.1) is 25.4 Å². The van der Waals surface area contributed by atoms with Crippen LogP contribution in [0.25, 0.3) is 0 Å². The minimum Gasteiger partial charge on any atom is -0.394 e. The quantitative estimate of drug-likeness (QED) is 0.0517. The predicted octanol–water partition coefficient (Wildman–Crippen LogP) is 6.05. The number of amides is 1. The van der Waals surface area contributed by atoms with Gasteiger partial charge >= 0.3 is 0 Å². The average Bonchev–Trinajstić information content (AvgIpc) is 3.04. The monoisotopic (exact) mass is 646 g/mol. The van der Waals surface area contributed by atoms with E-state index >= 15 is 0 Å². The number of carbonyl (C=O) groups excluding carboxylic acids is 1. The summed E-state index contributed by atoms with van der Waals surface area (Å²) >= 11 is 0. The fraction of sp³-hybridized carbons (Fsp3) is 0.972. The number of carbonyl (C=O) groups is 1. The second-order valence-electron chi connectivity index (χ2n) is 13.4. The molecular formula is C36H71NO8. The summed E-state index contributed by atoms with van der Waals surface area (Å²) in [6, 6.07) is -0.708. The van der Waals surface area contributed by atoms with E-state index in [0.29, 0.717) is 12.8 Å². The number of rotatable bonds is 30. The zero-order chi connectivity index (χ0) is 33.1. The summed E-state index contributed by atoms with van der Waals surface area (Å²) in [6.07, 6.45) is 19.7. The van der Waals surface area contributed by atoms with E-state index in [-0.39, 0.29) is 12.5 Å². The van der Waals surface area contributed by atoms with Crippen molar-refractivity contribution in [1.29, 1.82) is 0 Å². The first-order valence-electron chi connectivity index (χ1n) is 18.7. The lowest BCUT2D eigenvalue weighted by molar-refractivity contribution is -0.302. The van der Waals surface area contributed by atoms with Crippen LogP contribution in [0, 0.1) is 0 Å². The molecule has 268 valence electrons. The Labute approximate surface area is 274 Å². The van der Waals surface area contributed by atoms with Crippen LogP contribution < -0.4 is 5.32 Å². The van der Waals surface area contributed by atoms with E-state index in [1.54, 1.807) is 0 Å². The highest BCUT2D eigenvalue weighted by Crippen LogP contribution is 2.23. The van der Waals surface area contributed by atoms with Crippen LogP contribution in [0.3, 0.4) is 0 Å². The minimum absolute atomic E-state index is 0.133. The molecule has 0 spiro atoms. The summed E-state index contributed by atoms with van der Waals surface area (Å²) in [5, 5.41) is 53.9.